The summed E-state index contributed by atoms with van der Waals surface area (Å²) in [6.45, 7) is 11.5. The number of benzene rings is 3. The summed E-state index contributed by atoms with van der Waals surface area (Å²) in [7, 11) is 1.13. The number of aromatic nitrogens is 4. The lowest BCUT2D eigenvalue weighted by atomic mass is 9.80. The van der Waals surface area contributed by atoms with Crippen molar-refractivity contribution in [2.75, 3.05) is 26.6 Å². The van der Waals surface area contributed by atoms with Crippen LogP contribution in [0, 0.1) is 0 Å². The van der Waals surface area contributed by atoms with Crippen LogP contribution in [0.1, 0.15) is 50.1 Å². The summed E-state index contributed by atoms with van der Waals surface area (Å²) in [6, 6.07) is 26.3. The monoisotopic (exact) mass is 667 g/mol. The molecule has 0 aliphatic carbocycles. The minimum Gasteiger partial charge on any atom is -0.497 e. The molecule has 0 radical (unpaired) electrons. The lowest BCUT2D eigenvalue weighted by molar-refractivity contribution is -0.0841. The molecule has 2 aromatic heterocycles. The van der Waals surface area contributed by atoms with Gasteiger partial charge in [0.2, 0.25) is 0 Å². The van der Waals surface area contributed by atoms with Gasteiger partial charge in [0.15, 0.2) is 26.0 Å². The van der Waals surface area contributed by atoms with Crippen molar-refractivity contribution in [1.29, 1.82) is 0 Å². The molecule has 3 atom stereocenters. The predicted octanol–water partition coefficient (Wildman–Crippen LogP) is 7.11. The number of nitrogens with two attached hydrogens (primary N) is 1. The van der Waals surface area contributed by atoms with E-state index in [1.165, 1.54) is 6.33 Å². The maximum atomic E-state index is 7.22. The fraction of sp³-hybridized carbons (Fsp3) is 0.378. The molecule has 0 amide bonds. The Labute approximate surface area is 283 Å². The normalized spacial score (nSPS) is 18.7. The van der Waals surface area contributed by atoms with Crippen LogP contribution in [-0.2, 0) is 19.5 Å². The van der Waals surface area contributed by atoms with E-state index in [2.05, 4.69) is 85.2 Å². The van der Waals surface area contributed by atoms with Crippen molar-refractivity contribution >= 4 is 25.3 Å². The van der Waals surface area contributed by atoms with Gasteiger partial charge in [-0.3, -0.25) is 4.57 Å². The highest BCUT2D eigenvalue weighted by Gasteiger charge is 2.47. The zero-order chi connectivity index (χ0) is 34.1. The Balaban J connectivity index is 1.40. The van der Waals surface area contributed by atoms with Crippen LogP contribution in [0.4, 0.5) is 5.82 Å². The molecule has 5 aromatic rings. The third-order valence-electron chi connectivity index (χ3n) is 9.72. The van der Waals surface area contributed by atoms with Crippen molar-refractivity contribution in [3.63, 3.8) is 0 Å². The highest BCUT2D eigenvalue weighted by Crippen LogP contribution is 2.45. The molecule has 0 bridgehead atoms. The summed E-state index contributed by atoms with van der Waals surface area (Å²) in [6.07, 6.45) is 2.73. The zero-order valence-corrected chi connectivity index (χ0v) is 29.7. The fourth-order valence-corrected chi connectivity index (χ4v) is 7.40. The van der Waals surface area contributed by atoms with Crippen LogP contribution in [0.15, 0.2) is 91.5 Å². The fourth-order valence-electron chi connectivity index (χ4n) is 6.08. The average Bonchev–Trinajstić information content (AvgIpc) is 3.69. The summed E-state index contributed by atoms with van der Waals surface area (Å²) in [5, 5.41) is 0.000929. The summed E-state index contributed by atoms with van der Waals surface area (Å²) in [5.41, 5.74) is 9.22. The van der Waals surface area contributed by atoms with Gasteiger partial charge in [-0.05, 0) is 59.1 Å². The van der Waals surface area contributed by atoms with E-state index in [0.717, 1.165) is 28.2 Å². The molecule has 252 valence electrons. The summed E-state index contributed by atoms with van der Waals surface area (Å²) in [4.78, 5) is 13.2. The number of imidazole rings is 1. The van der Waals surface area contributed by atoms with Crippen LogP contribution in [0.25, 0.3) is 11.2 Å². The number of nitrogen functional groups attached to an aromatic ring is 1. The Morgan fingerprint density at radius 3 is 1.98 bits per heavy atom. The maximum absolute atomic E-state index is 7.22. The van der Waals surface area contributed by atoms with Gasteiger partial charge in [0, 0.05) is 6.42 Å². The third-order valence-corrected chi connectivity index (χ3v) is 14.2. The number of rotatable bonds is 11. The standard InChI is InChI=1S/C37H45N5O5Si/c1-36(2,3)48(6,7)47-31-21-30(46-35(31)42-24-41-32-33(38)39-23-40-34(32)42)22-45-37(25-11-9-8-10-12-25,26-13-17-28(43-4)18-14-26)27-15-19-29(44-5)20-16-27/h8-20,23-24,30-31,35H,21-22H2,1-7H3,(H2,38,39,40)/t30-,31?,35+/m0/s1. The second kappa shape index (κ2) is 13.3. The Morgan fingerprint density at radius 1 is 0.833 bits per heavy atom. The molecule has 1 aliphatic heterocycles. The number of hydrogen-bond acceptors (Lipinski definition) is 9. The van der Waals surface area contributed by atoms with Gasteiger partial charge < -0.3 is 29.1 Å². The van der Waals surface area contributed by atoms with Crippen molar-refractivity contribution in [2.45, 2.75) is 69.4 Å². The van der Waals surface area contributed by atoms with Gasteiger partial charge in [0.25, 0.3) is 0 Å². The second-order valence-electron chi connectivity index (χ2n) is 13.7. The first kappa shape index (κ1) is 33.6. The van der Waals surface area contributed by atoms with Crippen LogP contribution >= 0.6 is 0 Å². The van der Waals surface area contributed by atoms with Crippen molar-refractivity contribution in [1.82, 2.24) is 19.5 Å². The van der Waals surface area contributed by atoms with E-state index >= 15 is 0 Å². The zero-order valence-electron chi connectivity index (χ0n) is 28.7. The molecule has 1 fully saturated rings. The molecule has 10 nitrogen and oxygen atoms in total. The molecule has 6 rings (SSSR count). The Hall–Kier alpha value is -4.29. The van der Waals surface area contributed by atoms with Crippen LogP contribution in [-0.4, -0.2) is 60.9 Å². The first-order valence-corrected chi connectivity index (χ1v) is 19.1. The minimum atomic E-state index is -2.20. The molecule has 2 N–H and O–H groups in total. The second-order valence-corrected chi connectivity index (χ2v) is 18.5. The van der Waals surface area contributed by atoms with Gasteiger partial charge in [0.05, 0.1) is 39.4 Å². The van der Waals surface area contributed by atoms with Crippen molar-refractivity contribution in [2.24, 2.45) is 0 Å². The Kier molecular flexibility index (Phi) is 9.32. The van der Waals surface area contributed by atoms with E-state index in [1.54, 1.807) is 20.5 Å². The summed E-state index contributed by atoms with van der Waals surface area (Å²) < 4.78 is 34.1. The van der Waals surface area contributed by atoms with Crippen LogP contribution in [0.5, 0.6) is 11.5 Å². The van der Waals surface area contributed by atoms with E-state index in [1.807, 2.05) is 47.0 Å². The number of hydrogen-bond donors (Lipinski definition) is 1. The van der Waals surface area contributed by atoms with Gasteiger partial charge in [0.1, 0.15) is 28.9 Å². The number of methoxy groups -OCH3 is 2. The van der Waals surface area contributed by atoms with E-state index < -0.39 is 20.1 Å². The van der Waals surface area contributed by atoms with Gasteiger partial charge >= 0.3 is 0 Å². The van der Waals surface area contributed by atoms with E-state index in [9.17, 15) is 0 Å². The van der Waals surface area contributed by atoms with Crippen LogP contribution < -0.4 is 15.2 Å². The van der Waals surface area contributed by atoms with E-state index in [-0.39, 0.29) is 23.9 Å². The number of ether oxygens (including phenoxy) is 4. The lowest BCUT2D eigenvalue weighted by Gasteiger charge is -2.39. The first-order chi connectivity index (χ1) is 23.0. The molecule has 1 aliphatic rings. The molecule has 3 heterocycles. The molecule has 11 heteroatoms. The average molecular weight is 668 g/mol. The van der Waals surface area contributed by atoms with Crippen LogP contribution in [0.3, 0.4) is 0 Å². The topological polar surface area (TPSA) is 116 Å². The molecule has 1 saturated heterocycles. The Bertz CT molecular complexity index is 1780. The molecule has 0 spiro atoms. The molecule has 1 unspecified atom stereocenters. The highest BCUT2D eigenvalue weighted by atomic mass is 28.4. The van der Waals surface area contributed by atoms with Gasteiger partial charge in [-0.1, -0.05) is 75.4 Å². The minimum absolute atomic E-state index is 0.000929. The van der Waals surface area contributed by atoms with Crippen LogP contribution in [0.2, 0.25) is 18.1 Å². The van der Waals surface area contributed by atoms with E-state index in [4.69, 9.17) is 29.1 Å². The Morgan fingerprint density at radius 2 is 1.42 bits per heavy atom. The SMILES string of the molecule is COc1ccc(C(OC[C@@H]2CC(O[Si](C)(C)C(C)(C)C)[C@H](n3cnc4c(N)ncnc43)O2)(c2ccccc2)c2ccc(OC)cc2)cc1. The smallest absolute Gasteiger partial charge is 0.192 e. The quantitative estimate of drug-likeness (QED) is 0.116. The molecular formula is C37H45N5O5Si. The number of fused-ring (bicyclic) bond motifs is 1. The van der Waals surface area contributed by atoms with Crippen molar-refractivity contribution < 1.29 is 23.4 Å². The highest BCUT2D eigenvalue weighted by molar-refractivity contribution is 6.74. The summed E-state index contributed by atoms with van der Waals surface area (Å²) >= 11 is 0. The maximum Gasteiger partial charge on any atom is 0.192 e. The third kappa shape index (κ3) is 6.30. The molecule has 0 saturated carbocycles. The molecular weight excluding hydrogens is 623 g/mol. The molecule has 3 aromatic carbocycles. The largest absolute Gasteiger partial charge is 0.497 e. The van der Waals surface area contributed by atoms with Gasteiger partial charge in [-0.2, -0.15) is 0 Å². The van der Waals surface area contributed by atoms with Gasteiger partial charge in [-0.25, -0.2) is 15.0 Å². The van der Waals surface area contributed by atoms with Gasteiger partial charge in [-0.15, -0.1) is 0 Å². The summed E-state index contributed by atoms with van der Waals surface area (Å²) in [5.74, 6) is 1.85. The molecule has 48 heavy (non-hydrogen) atoms. The van der Waals surface area contributed by atoms with Crippen molar-refractivity contribution in [3.05, 3.63) is 108 Å². The lowest BCUT2D eigenvalue weighted by Crippen LogP contribution is -2.45. The predicted molar refractivity (Wildman–Crippen MR) is 189 cm³/mol. The van der Waals surface area contributed by atoms with E-state index in [0.29, 0.717) is 23.4 Å². The number of anilines is 1. The number of nitrogens with zero attached hydrogens (tertiary/aromatic N) is 4. The van der Waals surface area contributed by atoms with Crippen molar-refractivity contribution in [3.8, 4) is 11.5 Å². The first-order valence-electron chi connectivity index (χ1n) is 16.2.